The quantitative estimate of drug-likeness (QED) is 0.893. The molecule has 4 nitrogen and oxygen atoms in total. The average molecular weight is 334 g/mol. The molecule has 0 amide bonds. The summed E-state index contributed by atoms with van der Waals surface area (Å²) in [6.07, 6.45) is 1.19. The highest BCUT2D eigenvalue weighted by Crippen LogP contribution is 2.30. The number of aromatic nitrogens is 1. The number of aryl methyl sites for hydroxylation is 2. The van der Waals surface area contributed by atoms with Crippen LogP contribution in [0.5, 0.6) is 0 Å². The fraction of sp³-hybridized carbons (Fsp3) is 0.500. The van der Waals surface area contributed by atoms with Gasteiger partial charge in [-0.15, -0.1) is 0 Å². The van der Waals surface area contributed by atoms with Crippen molar-refractivity contribution in [3.63, 3.8) is 0 Å². The molecule has 124 valence electrons. The number of rotatable bonds is 5. The molecular weight excluding hydrogens is 310 g/mol. The topological polar surface area (TPSA) is 41.3 Å². The van der Waals surface area contributed by atoms with Crippen molar-refractivity contribution in [3.8, 4) is 0 Å². The van der Waals surface area contributed by atoms with E-state index in [2.05, 4.69) is 28.4 Å². The second-order valence-corrected chi connectivity index (χ2v) is 6.83. The fourth-order valence-corrected chi connectivity index (χ4v) is 3.74. The first-order chi connectivity index (χ1) is 11.1. The molecule has 23 heavy (non-hydrogen) atoms. The molecule has 2 heterocycles. The van der Waals surface area contributed by atoms with Crippen molar-refractivity contribution in [1.82, 2.24) is 10.5 Å². The van der Waals surface area contributed by atoms with Gasteiger partial charge in [-0.3, -0.25) is 0 Å². The van der Waals surface area contributed by atoms with E-state index in [1.54, 1.807) is 0 Å². The average Bonchev–Trinajstić information content (AvgIpc) is 3.12. The maximum atomic E-state index is 6.31. The van der Waals surface area contributed by atoms with E-state index in [1.165, 1.54) is 12.0 Å². The highest BCUT2D eigenvalue weighted by molar-refractivity contribution is 6.33. The number of hydrogen-bond donors (Lipinski definition) is 1. The van der Waals surface area contributed by atoms with Gasteiger partial charge in [0.1, 0.15) is 5.76 Å². The number of para-hydroxylation sites is 1. The predicted octanol–water partition coefficient (Wildman–Crippen LogP) is 4.12. The second-order valence-electron chi connectivity index (χ2n) is 6.42. The first-order valence-corrected chi connectivity index (χ1v) is 8.59. The molecular formula is C18H24ClN3O. The van der Waals surface area contributed by atoms with Gasteiger partial charge in [-0.05, 0) is 45.2 Å². The van der Waals surface area contributed by atoms with E-state index in [0.29, 0.717) is 5.92 Å². The lowest BCUT2D eigenvalue weighted by molar-refractivity contribution is 0.389. The van der Waals surface area contributed by atoms with Crippen molar-refractivity contribution in [1.29, 1.82) is 0 Å². The van der Waals surface area contributed by atoms with Crippen LogP contribution >= 0.6 is 11.6 Å². The lowest BCUT2D eigenvalue weighted by Crippen LogP contribution is -2.28. The van der Waals surface area contributed by atoms with Crippen LogP contribution in [-0.4, -0.2) is 24.8 Å². The van der Waals surface area contributed by atoms with Gasteiger partial charge in [0.05, 0.1) is 16.4 Å². The van der Waals surface area contributed by atoms with Crippen LogP contribution in [0.25, 0.3) is 0 Å². The molecule has 2 aromatic rings. The lowest BCUT2D eigenvalue weighted by atomic mass is 10.0. The zero-order valence-electron chi connectivity index (χ0n) is 14.0. The second kappa shape index (κ2) is 6.93. The minimum absolute atomic E-state index is 0.260. The summed E-state index contributed by atoms with van der Waals surface area (Å²) in [5.41, 5.74) is 3.31. The Kier molecular flexibility index (Phi) is 4.93. The molecule has 1 saturated heterocycles. The Morgan fingerprint density at radius 2 is 2.17 bits per heavy atom. The Morgan fingerprint density at radius 3 is 2.87 bits per heavy atom. The van der Waals surface area contributed by atoms with Gasteiger partial charge in [-0.25, -0.2) is 0 Å². The Hall–Kier alpha value is -1.52. The van der Waals surface area contributed by atoms with Gasteiger partial charge in [0.25, 0.3) is 0 Å². The standard InChI is InChI=1S/C18H24ClN3O/c1-12(18-13(2)21-23-14(18)3)20-10-15-8-9-22(11-15)17-7-5-4-6-16(17)19/h4-7,12,15,20H,8-11H2,1-3H3. The number of anilines is 1. The van der Waals surface area contributed by atoms with Crippen molar-refractivity contribution in [2.24, 2.45) is 5.92 Å². The van der Waals surface area contributed by atoms with Crippen LogP contribution in [0, 0.1) is 19.8 Å². The first-order valence-electron chi connectivity index (χ1n) is 8.22. The minimum Gasteiger partial charge on any atom is -0.370 e. The summed E-state index contributed by atoms with van der Waals surface area (Å²) in [5, 5.41) is 8.51. The summed E-state index contributed by atoms with van der Waals surface area (Å²) in [5.74, 6) is 1.54. The Bertz CT molecular complexity index is 651. The number of halogens is 1. The van der Waals surface area contributed by atoms with Crippen LogP contribution in [0.4, 0.5) is 5.69 Å². The van der Waals surface area contributed by atoms with Gasteiger partial charge in [0.2, 0.25) is 0 Å². The predicted molar refractivity (Wildman–Crippen MR) is 94.2 cm³/mol. The number of benzene rings is 1. The molecule has 2 atom stereocenters. The van der Waals surface area contributed by atoms with Gasteiger partial charge < -0.3 is 14.7 Å². The van der Waals surface area contributed by atoms with Crippen LogP contribution in [-0.2, 0) is 0 Å². The molecule has 5 heteroatoms. The van der Waals surface area contributed by atoms with Gasteiger partial charge >= 0.3 is 0 Å². The number of nitrogens with zero attached hydrogens (tertiary/aromatic N) is 2. The van der Waals surface area contributed by atoms with Crippen molar-refractivity contribution in [3.05, 3.63) is 46.3 Å². The molecule has 0 aliphatic carbocycles. The number of hydrogen-bond acceptors (Lipinski definition) is 4. The van der Waals surface area contributed by atoms with Gasteiger partial charge in [0.15, 0.2) is 0 Å². The molecule has 2 unspecified atom stereocenters. The molecule has 1 aromatic heterocycles. The van der Waals surface area contributed by atoms with Gasteiger partial charge in [0, 0.05) is 31.2 Å². The molecule has 1 aliphatic rings. The maximum Gasteiger partial charge on any atom is 0.138 e. The molecule has 1 N–H and O–H groups in total. The zero-order valence-corrected chi connectivity index (χ0v) is 14.7. The molecule has 3 rings (SSSR count). The van der Waals surface area contributed by atoms with Crippen LogP contribution in [0.2, 0.25) is 5.02 Å². The number of nitrogens with one attached hydrogen (secondary N) is 1. The van der Waals surface area contributed by atoms with E-state index in [4.69, 9.17) is 16.1 Å². The monoisotopic (exact) mass is 333 g/mol. The summed E-state index contributed by atoms with van der Waals surface area (Å²) in [7, 11) is 0. The summed E-state index contributed by atoms with van der Waals surface area (Å²) >= 11 is 6.31. The third-order valence-corrected chi connectivity index (χ3v) is 5.03. The normalized spacial score (nSPS) is 19.3. The van der Waals surface area contributed by atoms with E-state index in [1.807, 2.05) is 32.0 Å². The Labute approximate surface area is 142 Å². The highest BCUT2D eigenvalue weighted by Gasteiger charge is 2.25. The van der Waals surface area contributed by atoms with Crippen molar-refractivity contribution in [2.45, 2.75) is 33.2 Å². The van der Waals surface area contributed by atoms with Gasteiger partial charge in [-0.1, -0.05) is 28.9 Å². The third-order valence-electron chi connectivity index (χ3n) is 4.71. The molecule has 1 aromatic carbocycles. The molecule has 0 bridgehead atoms. The molecule has 1 fully saturated rings. The summed E-state index contributed by atoms with van der Waals surface area (Å²) in [6, 6.07) is 8.35. The fourth-order valence-electron chi connectivity index (χ4n) is 3.48. The minimum atomic E-state index is 0.260. The Balaban J connectivity index is 1.56. The summed E-state index contributed by atoms with van der Waals surface area (Å²) in [4.78, 5) is 2.38. The SMILES string of the molecule is Cc1noc(C)c1C(C)NCC1CCN(c2ccccc2Cl)C1. The van der Waals surface area contributed by atoms with Crippen LogP contribution < -0.4 is 10.2 Å². The molecule has 0 saturated carbocycles. The first kappa shape index (κ1) is 16.3. The van der Waals surface area contributed by atoms with E-state index in [-0.39, 0.29) is 6.04 Å². The lowest BCUT2D eigenvalue weighted by Gasteiger charge is -2.21. The van der Waals surface area contributed by atoms with Crippen LogP contribution in [0.3, 0.4) is 0 Å². The van der Waals surface area contributed by atoms with Crippen LogP contribution in [0.1, 0.15) is 36.4 Å². The van der Waals surface area contributed by atoms with Crippen molar-refractivity contribution < 1.29 is 4.52 Å². The van der Waals surface area contributed by atoms with Crippen LogP contribution in [0.15, 0.2) is 28.8 Å². The summed E-state index contributed by atoms with van der Waals surface area (Å²) in [6.45, 7) is 9.25. The molecule has 1 aliphatic heterocycles. The highest BCUT2D eigenvalue weighted by atomic mass is 35.5. The van der Waals surface area contributed by atoms with Crippen molar-refractivity contribution >= 4 is 17.3 Å². The van der Waals surface area contributed by atoms with Crippen molar-refractivity contribution in [2.75, 3.05) is 24.5 Å². The largest absolute Gasteiger partial charge is 0.370 e. The zero-order chi connectivity index (χ0) is 16.4. The van der Waals surface area contributed by atoms with E-state index in [0.717, 1.165) is 41.8 Å². The van der Waals surface area contributed by atoms with E-state index >= 15 is 0 Å². The van der Waals surface area contributed by atoms with E-state index in [9.17, 15) is 0 Å². The summed E-state index contributed by atoms with van der Waals surface area (Å²) < 4.78 is 5.26. The van der Waals surface area contributed by atoms with E-state index < -0.39 is 0 Å². The van der Waals surface area contributed by atoms with Gasteiger partial charge in [-0.2, -0.15) is 0 Å². The molecule has 0 spiro atoms. The molecule has 0 radical (unpaired) electrons. The smallest absolute Gasteiger partial charge is 0.138 e. The maximum absolute atomic E-state index is 6.31. The Morgan fingerprint density at radius 1 is 1.39 bits per heavy atom. The third kappa shape index (κ3) is 3.54.